The fourth-order valence-electron chi connectivity index (χ4n) is 1.52. The van der Waals surface area contributed by atoms with Crippen LogP contribution in [0.4, 0.5) is 0 Å². The summed E-state index contributed by atoms with van der Waals surface area (Å²) >= 11 is 0. The Labute approximate surface area is 102 Å². The molecule has 0 saturated carbocycles. The summed E-state index contributed by atoms with van der Waals surface area (Å²) in [5.74, 6) is 0.656. The molecule has 1 amide bonds. The number of hydrogen-bond donors (Lipinski definition) is 2. The highest BCUT2D eigenvalue weighted by Gasteiger charge is 2.09. The van der Waals surface area contributed by atoms with E-state index in [0.29, 0.717) is 6.42 Å². The second-order valence-electron chi connectivity index (χ2n) is 3.88. The zero-order valence-corrected chi connectivity index (χ0v) is 10.3. The van der Waals surface area contributed by atoms with Crippen molar-refractivity contribution < 1.29 is 14.6 Å². The minimum absolute atomic E-state index is 0.0274. The Bertz CT molecular complexity index is 361. The van der Waals surface area contributed by atoms with E-state index in [1.165, 1.54) is 0 Å². The Morgan fingerprint density at radius 2 is 2.29 bits per heavy atom. The maximum absolute atomic E-state index is 11.7. The Morgan fingerprint density at radius 3 is 2.88 bits per heavy atom. The van der Waals surface area contributed by atoms with E-state index in [2.05, 4.69) is 5.32 Å². The highest BCUT2D eigenvalue weighted by Crippen LogP contribution is 2.12. The smallest absolute Gasteiger partial charge is 0.224 e. The van der Waals surface area contributed by atoms with Gasteiger partial charge in [0, 0.05) is 0 Å². The van der Waals surface area contributed by atoms with Crippen molar-refractivity contribution in [2.75, 3.05) is 13.7 Å². The van der Waals surface area contributed by atoms with Crippen LogP contribution in [0.3, 0.4) is 0 Å². The lowest BCUT2D eigenvalue weighted by atomic mass is 10.1. The van der Waals surface area contributed by atoms with Gasteiger partial charge in [0.25, 0.3) is 0 Å². The number of aliphatic hydroxyl groups is 1. The molecule has 0 bridgehead atoms. The first-order chi connectivity index (χ1) is 8.19. The average molecular weight is 237 g/mol. The standard InChI is InChI=1S/C13H19NO3/c1-3-11(9-15)14-13(16)8-10-5-4-6-12(7-10)17-2/h4-7,11,15H,3,8-9H2,1-2H3,(H,14,16). The van der Waals surface area contributed by atoms with Crippen LogP contribution in [-0.4, -0.2) is 30.8 Å². The summed E-state index contributed by atoms with van der Waals surface area (Å²) in [6.07, 6.45) is 1.02. The molecule has 0 heterocycles. The van der Waals surface area contributed by atoms with Crippen LogP contribution in [0.1, 0.15) is 18.9 Å². The molecule has 1 aromatic rings. The highest BCUT2D eigenvalue weighted by molar-refractivity contribution is 5.78. The molecule has 0 fully saturated rings. The van der Waals surface area contributed by atoms with Crippen LogP contribution in [0.15, 0.2) is 24.3 Å². The molecule has 1 aromatic carbocycles. The van der Waals surface area contributed by atoms with Crippen LogP contribution in [0.25, 0.3) is 0 Å². The molecule has 1 unspecified atom stereocenters. The maximum atomic E-state index is 11.7. The lowest BCUT2D eigenvalue weighted by molar-refractivity contribution is -0.121. The van der Waals surface area contributed by atoms with Crippen molar-refractivity contribution in [3.8, 4) is 5.75 Å². The summed E-state index contributed by atoms with van der Waals surface area (Å²) in [5.41, 5.74) is 0.898. The van der Waals surface area contributed by atoms with Crippen LogP contribution in [0.2, 0.25) is 0 Å². The van der Waals surface area contributed by atoms with Gasteiger partial charge < -0.3 is 15.2 Å². The zero-order chi connectivity index (χ0) is 12.7. The van der Waals surface area contributed by atoms with Gasteiger partial charge in [0.15, 0.2) is 0 Å². The number of rotatable bonds is 6. The summed E-state index contributed by atoms with van der Waals surface area (Å²) in [6.45, 7) is 1.90. The van der Waals surface area contributed by atoms with Gasteiger partial charge in [-0.15, -0.1) is 0 Å². The van der Waals surface area contributed by atoms with Gasteiger partial charge in [-0.25, -0.2) is 0 Å². The maximum Gasteiger partial charge on any atom is 0.224 e. The first kappa shape index (κ1) is 13.5. The van der Waals surface area contributed by atoms with E-state index in [0.717, 1.165) is 17.7 Å². The molecule has 1 atom stereocenters. The number of carbonyl (C=O) groups excluding carboxylic acids is 1. The third-order valence-corrected chi connectivity index (χ3v) is 2.58. The van der Waals surface area contributed by atoms with Gasteiger partial charge in [0.05, 0.1) is 26.2 Å². The van der Waals surface area contributed by atoms with E-state index in [1.54, 1.807) is 7.11 Å². The molecule has 17 heavy (non-hydrogen) atoms. The summed E-state index contributed by atoms with van der Waals surface area (Å²) in [4.78, 5) is 11.7. The summed E-state index contributed by atoms with van der Waals surface area (Å²) < 4.78 is 5.09. The van der Waals surface area contributed by atoms with E-state index in [9.17, 15) is 4.79 Å². The lowest BCUT2D eigenvalue weighted by Crippen LogP contribution is -2.37. The predicted octanol–water partition coefficient (Wildman–Crippen LogP) is 1.12. The molecule has 0 aliphatic carbocycles. The summed E-state index contributed by atoms with van der Waals surface area (Å²) in [7, 11) is 1.60. The predicted molar refractivity (Wildman–Crippen MR) is 66.0 cm³/mol. The number of nitrogens with one attached hydrogen (secondary N) is 1. The van der Waals surface area contributed by atoms with Gasteiger partial charge in [0.2, 0.25) is 5.91 Å². The number of carbonyl (C=O) groups is 1. The fourth-order valence-corrected chi connectivity index (χ4v) is 1.52. The number of ether oxygens (including phenoxy) is 1. The van der Waals surface area contributed by atoms with Crippen LogP contribution in [0, 0.1) is 0 Å². The minimum Gasteiger partial charge on any atom is -0.497 e. The largest absolute Gasteiger partial charge is 0.497 e. The minimum atomic E-state index is -0.159. The molecule has 0 saturated heterocycles. The second kappa shape index (κ2) is 6.91. The number of amides is 1. The normalized spacial score (nSPS) is 11.9. The van der Waals surface area contributed by atoms with E-state index in [-0.39, 0.29) is 18.6 Å². The van der Waals surface area contributed by atoms with Crippen LogP contribution in [-0.2, 0) is 11.2 Å². The van der Waals surface area contributed by atoms with Crippen molar-refractivity contribution in [1.29, 1.82) is 0 Å². The Balaban J connectivity index is 2.55. The van der Waals surface area contributed by atoms with Crippen molar-refractivity contribution in [3.63, 3.8) is 0 Å². The number of aliphatic hydroxyl groups excluding tert-OH is 1. The van der Waals surface area contributed by atoms with Crippen molar-refractivity contribution in [2.45, 2.75) is 25.8 Å². The molecule has 0 aromatic heterocycles. The van der Waals surface area contributed by atoms with Crippen molar-refractivity contribution in [1.82, 2.24) is 5.32 Å². The monoisotopic (exact) mass is 237 g/mol. The Kier molecular flexibility index (Phi) is 5.49. The fraction of sp³-hybridized carbons (Fsp3) is 0.462. The first-order valence-electron chi connectivity index (χ1n) is 5.72. The molecule has 0 aliphatic rings. The first-order valence-corrected chi connectivity index (χ1v) is 5.72. The van der Waals surface area contributed by atoms with Gasteiger partial charge in [-0.05, 0) is 24.1 Å². The molecule has 4 nitrogen and oxygen atoms in total. The lowest BCUT2D eigenvalue weighted by Gasteiger charge is -2.14. The number of hydrogen-bond acceptors (Lipinski definition) is 3. The molecule has 2 N–H and O–H groups in total. The third kappa shape index (κ3) is 4.44. The van der Waals surface area contributed by atoms with Crippen molar-refractivity contribution >= 4 is 5.91 Å². The topological polar surface area (TPSA) is 58.6 Å². The molecule has 0 radical (unpaired) electrons. The molecular weight excluding hydrogens is 218 g/mol. The van der Waals surface area contributed by atoms with Crippen LogP contribution in [0.5, 0.6) is 5.75 Å². The quantitative estimate of drug-likeness (QED) is 0.779. The summed E-state index contributed by atoms with van der Waals surface area (Å²) in [5, 5.41) is 11.8. The molecule has 0 aliphatic heterocycles. The van der Waals surface area contributed by atoms with E-state index in [4.69, 9.17) is 9.84 Å². The van der Waals surface area contributed by atoms with Gasteiger partial charge >= 0.3 is 0 Å². The van der Waals surface area contributed by atoms with Gasteiger partial charge in [-0.3, -0.25) is 4.79 Å². The highest BCUT2D eigenvalue weighted by atomic mass is 16.5. The molecule has 0 spiro atoms. The molecular formula is C13H19NO3. The number of benzene rings is 1. The van der Waals surface area contributed by atoms with Crippen molar-refractivity contribution in [3.05, 3.63) is 29.8 Å². The zero-order valence-electron chi connectivity index (χ0n) is 10.3. The van der Waals surface area contributed by atoms with Crippen LogP contribution < -0.4 is 10.1 Å². The van der Waals surface area contributed by atoms with E-state index < -0.39 is 0 Å². The number of methoxy groups -OCH3 is 1. The van der Waals surface area contributed by atoms with E-state index in [1.807, 2.05) is 31.2 Å². The molecule has 1 rings (SSSR count). The molecule has 4 heteroatoms. The SMILES string of the molecule is CCC(CO)NC(=O)Cc1cccc(OC)c1. The summed E-state index contributed by atoms with van der Waals surface area (Å²) in [6, 6.07) is 7.24. The third-order valence-electron chi connectivity index (χ3n) is 2.58. The van der Waals surface area contributed by atoms with Crippen LogP contribution >= 0.6 is 0 Å². The van der Waals surface area contributed by atoms with Gasteiger partial charge in [-0.1, -0.05) is 19.1 Å². The Morgan fingerprint density at radius 1 is 1.53 bits per heavy atom. The van der Waals surface area contributed by atoms with Crippen molar-refractivity contribution in [2.24, 2.45) is 0 Å². The second-order valence-corrected chi connectivity index (χ2v) is 3.88. The Hall–Kier alpha value is -1.55. The molecule has 94 valence electrons. The van der Waals surface area contributed by atoms with E-state index >= 15 is 0 Å². The van der Waals surface area contributed by atoms with Gasteiger partial charge in [-0.2, -0.15) is 0 Å². The van der Waals surface area contributed by atoms with Gasteiger partial charge in [0.1, 0.15) is 5.75 Å². The average Bonchev–Trinajstić information content (AvgIpc) is 2.36.